The molecule has 0 heterocycles. The second-order valence-electron chi connectivity index (χ2n) is 6.29. The molecule has 0 fully saturated rings. The van der Waals surface area contributed by atoms with Gasteiger partial charge in [-0.05, 0) is 31.5 Å². The molecule has 2 rings (SSSR count). The third-order valence-corrected chi connectivity index (χ3v) is 5.11. The van der Waals surface area contributed by atoms with Gasteiger partial charge in [0.1, 0.15) is 0 Å². The van der Waals surface area contributed by atoms with Crippen LogP contribution in [0.5, 0.6) is 0 Å². The number of carbonyl (C=O) groups is 3. The van der Waals surface area contributed by atoms with Crippen LogP contribution >= 0.6 is 0 Å². The Labute approximate surface area is 169 Å². The van der Waals surface area contributed by atoms with Crippen molar-refractivity contribution in [1.29, 1.82) is 0 Å². The molecule has 2 aromatic carbocycles. The van der Waals surface area contributed by atoms with Gasteiger partial charge in [-0.25, -0.2) is 18.0 Å². The Kier molecular flexibility index (Phi) is 7.11. The fourth-order valence-corrected chi connectivity index (χ4v) is 3.15. The number of rotatable bonds is 6. The summed E-state index contributed by atoms with van der Waals surface area (Å²) in [4.78, 5) is 37.0. The summed E-state index contributed by atoms with van der Waals surface area (Å²) in [7, 11) is -3.53. The molecule has 0 aliphatic rings. The number of carbonyl (C=O) groups excluding carboxylic acids is 3. The Balaban J connectivity index is 2.35. The molecule has 0 aliphatic heterocycles. The highest BCUT2D eigenvalue weighted by atomic mass is 32.2. The Bertz CT molecular complexity index is 1020. The molecule has 8 nitrogen and oxygen atoms in total. The van der Waals surface area contributed by atoms with Gasteiger partial charge in [-0.2, -0.15) is 0 Å². The van der Waals surface area contributed by atoms with E-state index in [-0.39, 0.29) is 10.5 Å². The number of nitrogens with one attached hydrogen (secondary N) is 2. The van der Waals surface area contributed by atoms with Crippen molar-refractivity contribution in [3.63, 3.8) is 0 Å². The van der Waals surface area contributed by atoms with Crippen LogP contribution in [0.4, 0.5) is 4.79 Å². The molecule has 2 aromatic rings. The van der Waals surface area contributed by atoms with E-state index >= 15 is 0 Å². The lowest BCUT2D eigenvalue weighted by Crippen LogP contribution is -2.42. The summed E-state index contributed by atoms with van der Waals surface area (Å²) < 4.78 is 29.0. The minimum Gasteiger partial charge on any atom is -0.444 e. The van der Waals surface area contributed by atoms with Crippen LogP contribution in [0.2, 0.25) is 0 Å². The van der Waals surface area contributed by atoms with Crippen LogP contribution < -0.4 is 10.6 Å². The van der Waals surface area contributed by atoms with E-state index in [1.807, 2.05) is 0 Å². The van der Waals surface area contributed by atoms with Crippen LogP contribution in [-0.4, -0.2) is 39.1 Å². The summed E-state index contributed by atoms with van der Waals surface area (Å²) in [6.07, 6.45) is -0.369. The van der Waals surface area contributed by atoms with Gasteiger partial charge in [-0.3, -0.25) is 10.1 Å². The summed E-state index contributed by atoms with van der Waals surface area (Å²) in [6, 6.07) is 11.6. The number of sulfone groups is 1. The molecule has 0 saturated carbocycles. The standard InChI is InChI=1S/C20H22N2O6S/c1-4-21-20(25)22-18(23)17(14-8-6-5-7-9-14)28-19(24)16-12-15(29(3,26)27)11-10-13(16)2/h5-12,17H,4H2,1-3H3,(H2,21,22,23,25)/t17-/m0/s1. The van der Waals surface area contributed by atoms with Crippen molar-refractivity contribution >= 4 is 27.7 Å². The summed E-state index contributed by atoms with van der Waals surface area (Å²) >= 11 is 0. The van der Waals surface area contributed by atoms with Gasteiger partial charge in [0.15, 0.2) is 9.84 Å². The molecule has 3 amide bonds. The lowest BCUT2D eigenvalue weighted by atomic mass is 10.1. The Hall–Kier alpha value is -3.20. The fourth-order valence-electron chi connectivity index (χ4n) is 2.51. The summed E-state index contributed by atoms with van der Waals surface area (Å²) in [5.74, 6) is -1.71. The third-order valence-electron chi connectivity index (χ3n) is 4.00. The van der Waals surface area contributed by atoms with E-state index in [9.17, 15) is 22.8 Å². The van der Waals surface area contributed by atoms with E-state index in [4.69, 9.17) is 4.74 Å². The van der Waals surface area contributed by atoms with Crippen molar-refractivity contribution in [1.82, 2.24) is 10.6 Å². The number of esters is 1. The van der Waals surface area contributed by atoms with E-state index in [1.165, 1.54) is 18.2 Å². The number of imide groups is 1. The van der Waals surface area contributed by atoms with Gasteiger partial charge in [0, 0.05) is 18.4 Å². The number of amides is 3. The lowest BCUT2D eigenvalue weighted by molar-refractivity contribution is -0.129. The molecule has 0 unspecified atom stereocenters. The Morgan fingerprint density at radius 1 is 1.07 bits per heavy atom. The fraction of sp³-hybridized carbons (Fsp3) is 0.250. The smallest absolute Gasteiger partial charge is 0.339 e. The summed E-state index contributed by atoms with van der Waals surface area (Å²) in [5, 5.41) is 4.55. The number of hydrogen-bond acceptors (Lipinski definition) is 6. The number of aryl methyl sites for hydroxylation is 1. The molecular weight excluding hydrogens is 396 g/mol. The van der Waals surface area contributed by atoms with Crippen molar-refractivity contribution in [2.75, 3.05) is 12.8 Å². The number of benzene rings is 2. The minimum atomic E-state index is -3.53. The zero-order valence-electron chi connectivity index (χ0n) is 16.3. The number of urea groups is 1. The predicted octanol–water partition coefficient (Wildman–Crippen LogP) is 2.14. The maximum atomic E-state index is 12.7. The molecule has 0 radical (unpaired) electrons. The van der Waals surface area contributed by atoms with Crippen molar-refractivity contribution in [2.24, 2.45) is 0 Å². The first kappa shape index (κ1) is 22.1. The van der Waals surface area contributed by atoms with E-state index < -0.39 is 33.8 Å². The zero-order chi connectivity index (χ0) is 21.6. The first-order valence-corrected chi connectivity index (χ1v) is 10.7. The average Bonchev–Trinajstić information content (AvgIpc) is 2.66. The largest absolute Gasteiger partial charge is 0.444 e. The van der Waals surface area contributed by atoms with Gasteiger partial charge in [0.05, 0.1) is 10.5 Å². The van der Waals surface area contributed by atoms with Gasteiger partial charge >= 0.3 is 12.0 Å². The number of hydrogen-bond donors (Lipinski definition) is 2. The van der Waals surface area contributed by atoms with Crippen LogP contribution in [-0.2, 0) is 19.4 Å². The minimum absolute atomic E-state index is 0.0136. The van der Waals surface area contributed by atoms with Crippen molar-refractivity contribution in [3.8, 4) is 0 Å². The maximum absolute atomic E-state index is 12.7. The molecule has 1 atom stereocenters. The SMILES string of the molecule is CCNC(=O)NC(=O)[C@@H](OC(=O)c1cc(S(C)(=O)=O)ccc1C)c1ccccc1. The van der Waals surface area contributed by atoms with Gasteiger partial charge in [-0.15, -0.1) is 0 Å². The molecule has 2 N–H and O–H groups in total. The Morgan fingerprint density at radius 3 is 2.31 bits per heavy atom. The second-order valence-corrected chi connectivity index (χ2v) is 8.31. The van der Waals surface area contributed by atoms with Gasteiger partial charge in [0.25, 0.3) is 5.91 Å². The molecule has 0 spiro atoms. The van der Waals surface area contributed by atoms with Crippen molar-refractivity contribution in [2.45, 2.75) is 24.8 Å². The molecule has 0 aromatic heterocycles. The van der Waals surface area contributed by atoms with Crippen LogP contribution in [0.1, 0.15) is 34.5 Å². The summed E-state index contributed by atoms with van der Waals surface area (Å²) in [6.45, 7) is 3.62. The normalized spacial score (nSPS) is 12.0. The highest BCUT2D eigenvalue weighted by Gasteiger charge is 2.28. The van der Waals surface area contributed by atoms with E-state index in [2.05, 4.69) is 10.6 Å². The molecule has 29 heavy (non-hydrogen) atoms. The zero-order valence-corrected chi connectivity index (χ0v) is 17.1. The van der Waals surface area contributed by atoms with Crippen LogP contribution in [0.15, 0.2) is 53.4 Å². The molecule has 154 valence electrons. The quantitative estimate of drug-likeness (QED) is 0.694. The molecule has 0 saturated heterocycles. The van der Waals surface area contributed by atoms with Crippen molar-refractivity contribution < 1.29 is 27.5 Å². The predicted molar refractivity (Wildman–Crippen MR) is 106 cm³/mol. The Morgan fingerprint density at radius 2 is 1.72 bits per heavy atom. The maximum Gasteiger partial charge on any atom is 0.339 e. The van der Waals surface area contributed by atoms with Gasteiger partial charge < -0.3 is 10.1 Å². The van der Waals surface area contributed by atoms with Crippen LogP contribution in [0.25, 0.3) is 0 Å². The van der Waals surface area contributed by atoms with E-state index in [0.29, 0.717) is 17.7 Å². The molecule has 9 heteroatoms. The van der Waals surface area contributed by atoms with Crippen LogP contribution in [0.3, 0.4) is 0 Å². The molecular formula is C20H22N2O6S. The second kappa shape index (κ2) is 9.33. The van der Waals surface area contributed by atoms with Gasteiger partial charge in [-0.1, -0.05) is 36.4 Å². The average molecular weight is 418 g/mol. The van der Waals surface area contributed by atoms with E-state index in [0.717, 1.165) is 6.26 Å². The van der Waals surface area contributed by atoms with Crippen molar-refractivity contribution in [3.05, 3.63) is 65.2 Å². The molecule has 0 bridgehead atoms. The van der Waals surface area contributed by atoms with E-state index in [1.54, 1.807) is 44.2 Å². The molecule has 0 aliphatic carbocycles. The third kappa shape index (κ3) is 5.89. The first-order chi connectivity index (χ1) is 13.6. The highest BCUT2D eigenvalue weighted by Crippen LogP contribution is 2.22. The van der Waals surface area contributed by atoms with Crippen LogP contribution in [0, 0.1) is 6.92 Å². The monoisotopic (exact) mass is 418 g/mol. The topological polar surface area (TPSA) is 119 Å². The first-order valence-electron chi connectivity index (χ1n) is 8.78. The highest BCUT2D eigenvalue weighted by molar-refractivity contribution is 7.90. The number of ether oxygens (including phenoxy) is 1. The lowest BCUT2D eigenvalue weighted by Gasteiger charge is -2.18. The van der Waals surface area contributed by atoms with Gasteiger partial charge in [0.2, 0.25) is 6.10 Å². The summed E-state index contributed by atoms with van der Waals surface area (Å²) in [5.41, 5.74) is 0.859.